The minimum Gasteiger partial charge on any atom is -0.356 e. The Hall–Kier alpha value is -0.330. The maximum atomic E-state index is 11.4. The largest absolute Gasteiger partial charge is 0.356 e. The van der Waals surface area contributed by atoms with Gasteiger partial charge in [0.1, 0.15) is 0 Å². The van der Waals surface area contributed by atoms with Crippen molar-refractivity contribution in [2.75, 3.05) is 6.54 Å². The molecule has 2 N–H and O–H groups in total. The Balaban J connectivity index is 3.56. The number of carbonyl (C=O) groups excluding carboxylic acids is 2. The van der Waals surface area contributed by atoms with Gasteiger partial charge in [0.15, 0.2) is 0 Å². The summed E-state index contributed by atoms with van der Waals surface area (Å²) in [5.41, 5.74) is -0.356. The van der Waals surface area contributed by atoms with E-state index in [2.05, 4.69) is 8.85 Å². The number of hydrogen-bond donors (Lipinski definition) is 2. The number of hydrogen-bond acceptors (Lipinski definition) is 2. The molecule has 5 heteroatoms. The minimum atomic E-state index is -0.356. The monoisotopic (exact) mass is 312 g/mol. The first-order chi connectivity index (χ1) is 6.38. The maximum absolute atomic E-state index is 11.4. The predicted octanol–water partition coefficient (Wildman–Crippen LogP) is 1.40. The molecule has 0 aromatic rings. The molecule has 0 aliphatic rings. The highest BCUT2D eigenvalue weighted by Crippen LogP contribution is 2.12. The average molecular weight is 312 g/mol. The van der Waals surface area contributed by atoms with Crippen LogP contribution in [0.2, 0.25) is 0 Å². The second-order valence-corrected chi connectivity index (χ2v) is 4.67. The molecule has 2 amide bonds. The molecule has 0 aliphatic carbocycles. The molecule has 4 nitrogen and oxygen atoms in total. The van der Waals surface area contributed by atoms with E-state index in [0.717, 1.165) is 0 Å². The first-order valence-electron chi connectivity index (χ1n) is 4.55. The molecule has 0 fully saturated rings. The van der Waals surface area contributed by atoms with Gasteiger partial charge in [0, 0.05) is 18.4 Å². The lowest BCUT2D eigenvalue weighted by Crippen LogP contribution is -2.35. The van der Waals surface area contributed by atoms with E-state index < -0.39 is 0 Å². The molecule has 0 aromatic carbocycles. The molecular formula is C9H17IN2O2. The van der Waals surface area contributed by atoms with Crippen LogP contribution in [0.4, 0.5) is 0 Å². The quantitative estimate of drug-likeness (QED) is 0.468. The van der Waals surface area contributed by atoms with E-state index in [1.807, 2.05) is 20.8 Å². The molecule has 82 valence electrons. The van der Waals surface area contributed by atoms with Crippen LogP contribution in [-0.4, -0.2) is 18.4 Å². The molecule has 0 atom stereocenters. The summed E-state index contributed by atoms with van der Waals surface area (Å²) in [7, 11) is 0. The van der Waals surface area contributed by atoms with Gasteiger partial charge in [-0.05, 0) is 6.42 Å². The van der Waals surface area contributed by atoms with Crippen molar-refractivity contribution in [2.45, 2.75) is 33.6 Å². The van der Waals surface area contributed by atoms with Crippen molar-refractivity contribution in [3.63, 3.8) is 0 Å². The second kappa shape index (κ2) is 6.21. The van der Waals surface area contributed by atoms with Crippen LogP contribution in [0.1, 0.15) is 33.6 Å². The lowest BCUT2D eigenvalue weighted by atomic mass is 9.96. The average Bonchev–Trinajstić information content (AvgIpc) is 2.09. The van der Waals surface area contributed by atoms with Gasteiger partial charge in [-0.2, -0.15) is 0 Å². The van der Waals surface area contributed by atoms with E-state index in [4.69, 9.17) is 0 Å². The van der Waals surface area contributed by atoms with Gasteiger partial charge in [0.05, 0.1) is 22.9 Å². The van der Waals surface area contributed by atoms with E-state index in [1.165, 1.54) is 0 Å². The van der Waals surface area contributed by atoms with Crippen molar-refractivity contribution in [3.05, 3.63) is 0 Å². The third-order valence-corrected chi connectivity index (χ3v) is 2.25. The van der Waals surface area contributed by atoms with E-state index in [-0.39, 0.29) is 17.2 Å². The molecule has 14 heavy (non-hydrogen) atoms. The number of rotatable bonds is 4. The van der Waals surface area contributed by atoms with Crippen LogP contribution in [0, 0.1) is 5.41 Å². The van der Waals surface area contributed by atoms with Crippen LogP contribution in [0.15, 0.2) is 0 Å². The fourth-order valence-corrected chi connectivity index (χ4v) is 1.03. The van der Waals surface area contributed by atoms with Crippen LogP contribution in [0.3, 0.4) is 0 Å². The first-order valence-corrected chi connectivity index (χ1v) is 5.63. The number of carbonyl (C=O) groups is 2. The topological polar surface area (TPSA) is 58.2 Å². The zero-order chi connectivity index (χ0) is 11.2. The fraction of sp³-hybridized carbons (Fsp3) is 0.778. The normalized spacial score (nSPS) is 10.9. The van der Waals surface area contributed by atoms with Gasteiger partial charge in [-0.1, -0.05) is 20.8 Å². The molecule has 0 aliphatic heterocycles. The molecule has 0 radical (unpaired) electrons. The lowest BCUT2D eigenvalue weighted by Gasteiger charge is -2.17. The van der Waals surface area contributed by atoms with E-state index in [1.54, 1.807) is 22.9 Å². The van der Waals surface area contributed by atoms with Crippen molar-refractivity contribution in [2.24, 2.45) is 5.41 Å². The van der Waals surface area contributed by atoms with Crippen LogP contribution >= 0.6 is 22.9 Å². The van der Waals surface area contributed by atoms with Gasteiger partial charge < -0.3 is 5.32 Å². The number of nitrogens with one attached hydrogen (secondary N) is 2. The number of amides is 2. The van der Waals surface area contributed by atoms with Crippen molar-refractivity contribution >= 4 is 34.7 Å². The van der Waals surface area contributed by atoms with Gasteiger partial charge in [0.25, 0.3) is 0 Å². The zero-order valence-corrected chi connectivity index (χ0v) is 11.0. The summed E-state index contributed by atoms with van der Waals surface area (Å²) in [6.45, 7) is 6.14. The molecule has 0 rings (SSSR count). The smallest absolute Gasteiger partial charge is 0.228 e. The highest BCUT2D eigenvalue weighted by molar-refractivity contribution is 14.1. The highest BCUT2D eigenvalue weighted by Gasteiger charge is 2.20. The Morgan fingerprint density at radius 2 is 1.86 bits per heavy atom. The summed E-state index contributed by atoms with van der Waals surface area (Å²) in [5.74, 6) is 0.0167. The van der Waals surface area contributed by atoms with Gasteiger partial charge in [-0.3, -0.25) is 13.1 Å². The second-order valence-electron chi connectivity index (χ2n) is 4.13. The van der Waals surface area contributed by atoms with E-state index in [0.29, 0.717) is 19.4 Å². The van der Waals surface area contributed by atoms with Crippen molar-refractivity contribution in [3.8, 4) is 0 Å². The molecule has 0 aromatic heterocycles. The third-order valence-electron chi connectivity index (χ3n) is 1.65. The van der Waals surface area contributed by atoms with Gasteiger partial charge in [-0.25, -0.2) is 0 Å². The number of halogens is 1. The van der Waals surface area contributed by atoms with Crippen LogP contribution in [0.5, 0.6) is 0 Å². The molecule has 0 saturated carbocycles. The molecule has 0 heterocycles. The Kier molecular flexibility index (Phi) is 6.06. The van der Waals surface area contributed by atoms with Crippen LogP contribution in [-0.2, 0) is 9.59 Å². The third kappa shape index (κ3) is 6.17. The standard InChI is InChI=1S/C9H17IN2O2/c1-9(2,3)8(14)11-6-4-5-7(13)12-10/h4-6H2,1-3H3,(H,11,14)(H,12,13). The molecule has 0 bridgehead atoms. The predicted molar refractivity (Wildman–Crippen MR) is 63.9 cm³/mol. The summed E-state index contributed by atoms with van der Waals surface area (Å²) in [6.07, 6.45) is 1.13. The lowest BCUT2D eigenvalue weighted by molar-refractivity contribution is -0.128. The van der Waals surface area contributed by atoms with Crippen LogP contribution < -0.4 is 8.85 Å². The van der Waals surface area contributed by atoms with Gasteiger partial charge in [-0.15, -0.1) is 0 Å². The SMILES string of the molecule is CC(C)(C)C(=O)NCCCC(=O)NI. The maximum Gasteiger partial charge on any atom is 0.228 e. The Bertz CT molecular complexity index is 211. The summed E-state index contributed by atoms with van der Waals surface area (Å²) in [5, 5.41) is 2.78. The first kappa shape index (κ1) is 13.7. The van der Waals surface area contributed by atoms with Crippen molar-refractivity contribution in [1.29, 1.82) is 0 Å². The molecule has 0 unspecified atom stereocenters. The Labute approximate surface area is 98.7 Å². The summed E-state index contributed by atoms with van der Waals surface area (Å²) in [6, 6.07) is 0. The molecule has 0 saturated heterocycles. The fourth-order valence-electron chi connectivity index (χ4n) is 0.763. The summed E-state index contributed by atoms with van der Waals surface area (Å²) in [4.78, 5) is 22.2. The Morgan fingerprint density at radius 1 is 1.29 bits per heavy atom. The Morgan fingerprint density at radius 3 is 2.29 bits per heavy atom. The minimum absolute atomic E-state index is 0.00407. The zero-order valence-electron chi connectivity index (χ0n) is 8.82. The van der Waals surface area contributed by atoms with E-state index in [9.17, 15) is 9.59 Å². The summed E-state index contributed by atoms with van der Waals surface area (Å²) >= 11 is 1.80. The van der Waals surface area contributed by atoms with E-state index >= 15 is 0 Å². The van der Waals surface area contributed by atoms with Gasteiger partial charge in [0.2, 0.25) is 11.8 Å². The van der Waals surface area contributed by atoms with Crippen molar-refractivity contribution < 1.29 is 9.59 Å². The highest BCUT2D eigenvalue weighted by atomic mass is 127. The summed E-state index contributed by atoms with van der Waals surface area (Å²) < 4.78 is 2.50. The van der Waals surface area contributed by atoms with Gasteiger partial charge >= 0.3 is 0 Å². The molecule has 0 spiro atoms. The van der Waals surface area contributed by atoms with Crippen molar-refractivity contribution in [1.82, 2.24) is 8.85 Å². The molecular weight excluding hydrogens is 295 g/mol. The van der Waals surface area contributed by atoms with Crippen LogP contribution in [0.25, 0.3) is 0 Å².